The standard InChI is InChI=1S/C34H32NO2.C15H28O2.Ir/c1-20(2)15-22-11-12-27-29(16-22)36-21(3)31(27)30-19-24-13-14-35-32(33(24)37-30)25-17-23-9-7-8-10-26(23)28(18-25)34(4,5)6;1-7-14(5,8-2)12(16)11-13(17)15(6,9-3)10-4;/h7-14,16,18-20H,15H2,1-6H3;11,16H,7-10H2,1-6H3;/q-1;;/b;12-11-;. The molecule has 5 nitrogen and oxygen atoms in total. The van der Waals surface area contributed by atoms with Crippen LogP contribution in [0.2, 0.25) is 0 Å². The second-order valence-electron chi connectivity index (χ2n) is 17.0. The van der Waals surface area contributed by atoms with Crippen LogP contribution in [0.25, 0.3) is 55.3 Å². The number of aryl methyl sites for hydroxylation is 1. The van der Waals surface area contributed by atoms with Crippen molar-refractivity contribution in [2.24, 2.45) is 16.7 Å². The number of hydrogen-bond donors (Lipinski definition) is 1. The van der Waals surface area contributed by atoms with Crippen molar-refractivity contribution in [1.29, 1.82) is 0 Å². The maximum Gasteiger partial charge on any atom is 0.164 e. The molecule has 0 spiro atoms. The third-order valence-electron chi connectivity index (χ3n) is 11.7. The second-order valence-corrected chi connectivity index (χ2v) is 17.0. The average molecular weight is 919 g/mol. The van der Waals surface area contributed by atoms with Crippen LogP contribution >= 0.6 is 0 Å². The second kappa shape index (κ2) is 17.4. The monoisotopic (exact) mass is 919 g/mol. The minimum Gasteiger partial charge on any atom is -0.512 e. The van der Waals surface area contributed by atoms with Gasteiger partial charge in [0.1, 0.15) is 28.4 Å². The molecule has 0 aliphatic heterocycles. The molecule has 0 amide bonds. The fourth-order valence-corrected chi connectivity index (χ4v) is 7.11. The molecule has 0 saturated heterocycles. The van der Waals surface area contributed by atoms with Crippen LogP contribution in [-0.4, -0.2) is 15.9 Å². The molecule has 0 aliphatic carbocycles. The molecule has 0 unspecified atom stereocenters. The SMILES string of the molecule is CCC(C)(CC)C(=O)/C=C(\O)C(C)(CC)CC.Cc1oc2cc(CC(C)C)ccc2c1-c1cc2ccnc(-c3[c-]c4ccccc4c(C(C)(C)C)c3)c2o1.[Ir]. The normalized spacial score (nSPS) is 12.6. The molecule has 3 heterocycles. The van der Waals surface area contributed by atoms with Gasteiger partial charge in [0.2, 0.25) is 0 Å². The van der Waals surface area contributed by atoms with Gasteiger partial charge in [-0.2, -0.15) is 0 Å². The van der Waals surface area contributed by atoms with Crippen LogP contribution in [0, 0.1) is 29.7 Å². The minimum absolute atomic E-state index is 0. The number of ketones is 1. The van der Waals surface area contributed by atoms with E-state index in [2.05, 4.69) is 95.3 Å². The van der Waals surface area contributed by atoms with E-state index < -0.39 is 0 Å². The van der Waals surface area contributed by atoms with Gasteiger partial charge < -0.3 is 13.9 Å². The molecule has 1 radical (unpaired) electrons. The average Bonchev–Trinajstić information content (AvgIpc) is 3.72. The number of aromatic nitrogens is 1. The molecule has 0 atom stereocenters. The minimum atomic E-state index is -0.337. The van der Waals surface area contributed by atoms with Crippen molar-refractivity contribution in [1.82, 2.24) is 4.98 Å². The van der Waals surface area contributed by atoms with E-state index in [0.29, 0.717) is 5.92 Å². The van der Waals surface area contributed by atoms with Gasteiger partial charge in [0, 0.05) is 59.7 Å². The largest absolute Gasteiger partial charge is 0.512 e. The first-order chi connectivity index (χ1) is 25.5. The molecule has 6 rings (SSSR count). The number of allylic oxidation sites excluding steroid dienone is 2. The van der Waals surface area contributed by atoms with Crippen molar-refractivity contribution in [3.8, 4) is 22.6 Å². The summed E-state index contributed by atoms with van der Waals surface area (Å²) in [6.45, 7) is 25.3. The van der Waals surface area contributed by atoms with Gasteiger partial charge in [0.25, 0.3) is 0 Å². The summed E-state index contributed by atoms with van der Waals surface area (Å²) in [5.74, 6) is 2.54. The van der Waals surface area contributed by atoms with Crippen LogP contribution in [-0.2, 0) is 36.7 Å². The molecule has 3 aromatic carbocycles. The molecule has 0 bridgehead atoms. The van der Waals surface area contributed by atoms with Crippen molar-refractivity contribution in [3.63, 3.8) is 0 Å². The molecule has 0 saturated carbocycles. The summed E-state index contributed by atoms with van der Waals surface area (Å²) in [7, 11) is 0. The van der Waals surface area contributed by atoms with Crippen LogP contribution in [0.5, 0.6) is 0 Å². The van der Waals surface area contributed by atoms with Crippen molar-refractivity contribution < 1.29 is 38.8 Å². The maximum absolute atomic E-state index is 12.2. The molecule has 0 aliphatic rings. The van der Waals surface area contributed by atoms with Gasteiger partial charge in [0.15, 0.2) is 5.78 Å². The molecular weight excluding hydrogens is 859 g/mol. The number of fused-ring (bicyclic) bond motifs is 3. The Kier molecular flexibility index (Phi) is 13.9. The Morgan fingerprint density at radius 1 is 0.855 bits per heavy atom. The smallest absolute Gasteiger partial charge is 0.164 e. The zero-order chi connectivity index (χ0) is 39.6. The van der Waals surface area contributed by atoms with Crippen LogP contribution < -0.4 is 0 Å². The van der Waals surface area contributed by atoms with Crippen LogP contribution in [0.15, 0.2) is 87.5 Å². The summed E-state index contributed by atoms with van der Waals surface area (Å²) in [6.07, 6.45) is 7.64. The summed E-state index contributed by atoms with van der Waals surface area (Å²) in [6, 6.07) is 24.9. The number of pyridine rings is 1. The van der Waals surface area contributed by atoms with E-state index in [4.69, 9.17) is 13.8 Å². The van der Waals surface area contributed by atoms with E-state index in [1.807, 2.05) is 60.7 Å². The van der Waals surface area contributed by atoms with Crippen molar-refractivity contribution in [2.45, 2.75) is 121 Å². The molecule has 3 aromatic heterocycles. The van der Waals surface area contributed by atoms with Gasteiger partial charge in [-0.1, -0.05) is 117 Å². The Labute approximate surface area is 342 Å². The van der Waals surface area contributed by atoms with E-state index >= 15 is 0 Å². The van der Waals surface area contributed by atoms with Crippen LogP contribution in [0.4, 0.5) is 0 Å². The van der Waals surface area contributed by atoms with Gasteiger partial charge in [-0.15, -0.1) is 29.1 Å². The van der Waals surface area contributed by atoms with E-state index in [9.17, 15) is 9.90 Å². The number of aliphatic hydroxyl groups is 1. The van der Waals surface area contributed by atoms with Gasteiger partial charge in [-0.25, -0.2) is 0 Å². The van der Waals surface area contributed by atoms with Gasteiger partial charge in [0.05, 0.1) is 5.56 Å². The van der Waals surface area contributed by atoms with Crippen molar-refractivity contribution in [3.05, 3.63) is 102 Å². The third kappa shape index (κ3) is 9.19. The van der Waals surface area contributed by atoms with E-state index in [1.165, 1.54) is 22.6 Å². The topological polar surface area (TPSA) is 76.5 Å². The quantitative estimate of drug-likeness (QED) is 0.0796. The van der Waals surface area contributed by atoms with E-state index in [0.717, 1.165) is 87.8 Å². The van der Waals surface area contributed by atoms with Gasteiger partial charge >= 0.3 is 0 Å². The first-order valence-corrected chi connectivity index (χ1v) is 19.8. The van der Waals surface area contributed by atoms with E-state index in [-0.39, 0.29) is 47.9 Å². The number of benzene rings is 3. The number of rotatable bonds is 11. The number of aliphatic hydroxyl groups excluding tert-OH is 1. The number of nitrogens with zero attached hydrogens (tertiary/aromatic N) is 1. The number of furan rings is 2. The Bertz CT molecular complexity index is 2290. The summed E-state index contributed by atoms with van der Waals surface area (Å²) in [5.41, 5.74) is 6.38. The first-order valence-electron chi connectivity index (χ1n) is 19.8. The first kappa shape index (κ1) is 43.7. The Hall–Kier alpha value is -3.99. The number of hydrogen-bond acceptors (Lipinski definition) is 5. The van der Waals surface area contributed by atoms with Crippen LogP contribution in [0.3, 0.4) is 0 Å². The zero-order valence-corrected chi connectivity index (χ0v) is 37.4. The Morgan fingerprint density at radius 2 is 1.51 bits per heavy atom. The molecular formula is C49H60IrNO4-. The van der Waals surface area contributed by atoms with Crippen molar-refractivity contribution >= 4 is 38.5 Å². The molecule has 0 fully saturated rings. The zero-order valence-electron chi connectivity index (χ0n) is 35.0. The predicted molar refractivity (Wildman–Crippen MR) is 226 cm³/mol. The summed E-state index contributed by atoms with van der Waals surface area (Å²) >= 11 is 0. The molecule has 295 valence electrons. The summed E-state index contributed by atoms with van der Waals surface area (Å²) in [4.78, 5) is 17.0. The third-order valence-corrected chi connectivity index (χ3v) is 11.7. The fourth-order valence-electron chi connectivity index (χ4n) is 7.11. The number of carbonyl (C=O) groups excluding carboxylic acids is 1. The predicted octanol–water partition coefficient (Wildman–Crippen LogP) is 14.3. The van der Waals surface area contributed by atoms with E-state index in [1.54, 1.807) is 0 Å². The van der Waals surface area contributed by atoms with Crippen LogP contribution in [0.1, 0.15) is 119 Å². The van der Waals surface area contributed by atoms with Gasteiger partial charge in [-0.3, -0.25) is 9.78 Å². The number of carbonyl (C=O) groups is 1. The van der Waals surface area contributed by atoms with Gasteiger partial charge in [-0.05, 0) is 74.1 Å². The molecule has 55 heavy (non-hydrogen) atoms. The summed E-state index contributed by atoms with van der Waals surface area (Å²) in [5, 5.41) is 14.5. The summed E-state index contributed by atoms with van der Waals surface area (Å²) < 4.78 is 12.8. The molecule has 6 heteroatoms. The fraction of sp³-hybridized carbons (Fsp3) is 0.429. The van der Waals surface area contributed by atoms with Crippen molar-refractivity contribution in [2.75, 3.05) is 0 Å². The Balaban J connectivity index is 0.000000320. The molecule has 6 aromatic rings. The molecule has 1 N–H and O–H groups in total. The Morgan fingerprint density at radius 3 is 2.13 bits per heavy atom. The maximum atomic E-state index is 12.2.